The van der Waals surface area contributed by atoms with E-state index >= 15 is 0 Å². The van der Waals surface area contributed by atoms with Gasteiger partial charge in [-0.25, -0.2) is 0 Å². The largest absolute Gasteiger partial charge is 0.396 e. The maximum atomic E-state index is 10.9. The van der Waals surface area contributed by atoms with Crippen molar-refractivity contribution in [2.24, 2.45) is 5.41 Å². The molecule has 0 aliphatic carbocycles. The van der Waals surface area contributed by atoms with Crippen molar-refractivity contribution >= 4 is 15.2 Å². The molecule has 104 valence electrons. The fourth-order valence-corrected chi connectivity index (χ4v) is 1.81. The van der Waals surface area contributed by atoms with E-state index in [9.17, 15) is 9.13 Å². The zero-order valence-electron chi connectivity index (χ0n) is 9.64. The van der Waals surface area contributed by atoms with E-state index in [1.807, 2.05) is 0 Å². The van der Waals surface area contributed by atoms with Crippen LogP contribution in [0.5, 0.6) is 0 Å². The molecule has 0 fully saturated rings. The molecular weight excluding hydrogens is 274 g/mol. The van der Waals surface area contributed by atoms with E-state index in [2.05, 4.69) is 9.05 Å². The highest BCUT2D eigenvalue weighted by atomic mass is 31.2. The predicted molar refractivity (Wildman–Crippen MR) is 60.0 cm³/mol. The SMILES string of the molecule is CP(=O)(O)OCC(CO)(CO)COP(C)(=O)O. The minimum absolute atomic E-state index is 0.468. The lowest BCUT2D eigenvalue weighted by molar-refractivity contribution is -0.0221. The molecule has 10 heteroatoms. The Morgan fingerprint density at radius 2 is 1.24 bits per heavy atom. The second kappa shape index (κ2) is 6.41. The summed E-state index contributed by atoms with van der Waals surface area (Å²) in [5.41, 5.74) is -1.40. The molecule has 0 aliphatic rings. The third-order valence-electron chi connectivity index (χ3n) is 1.89. The molecule has 0 rings (SSSR count). The van der Waals surface area contributed by atoms with Gasteiger partial charge in [0.2, 0.25) is 0 Å². The van der Waals surface area contributed by atoms with Crippen LogP contribution >= 0.6 is 15.2 Å². The molecule has 0 radical (unpaired) electrons. The lowest BCUT2D eigenvalue weighted by Gasteiger charge is -2.29. The average Bonchev–Trinajstić information content (AvgIpc) is 2.16. The van der Waals surface area contributed by atoms with Crippen molar-refractivity contribution < 1.29 is 38.2 Å². The second-order valence-corrected chi connectivity index (χ2v) is 7.70. The molecule has 0 spiro atoms. The Morgan fingerprint density at radius 1 is 0.941 bits per heavy atom. The molecule has 4 N–H and O–H groups in total. The minimum atomic E-state index is -3.76. The molecule has 0 bridgehead atoms. The van der Waals surface area contributed by atoms with Gasteiger partial charge in [-0.1, -0.05) is 0 Å². The first-order valence-electron chi connectivity index (χ1n) is 4.65. The van der Waals surface area contributed by atoms with Gasteiger partial charge in [0.25, 0.3) is 0 Å². The van der Waals surface area contributed by atoms with Crippen molar-refractivity contribution in [1.29, 1.82) is 0 Å². The topological polar surface area (TPSA) is 134 Å². The van der Waals surface area contributed by atoms with Crippen LogP contribution in [0.15, 0.2) is 0 Å². The standard InChI is InChI=1S/C7H18O8P2/c1-16(10,11)14-5-7(3-8,4-9)6-15-17(2,12)13/h8-9H,3-6H2,1-2H3,(H,10,11)(H,12,13). The smallest absolute Gasteiger partial charge is 0.325 e. The van der Waals surface area contributed by atoms with E-state index in [-0.39, 0.29) is 0 Å². The molecule has 0 aliphatic heterocycles. The molecule has 0 aromatic carbocycles. The minimum Gasteiger partial charge on any atom is -0.396 e. The lowest BCUT2D eigenvalue weighted by Crippen LogP contribution is -2.39. The Balaban J connectivity index is 4.56. The van der Waals surface area contributed by atoms with Gasteiger partial charge in [-0.05, 0) is 0 Å². The van der Waals surface area contributed by atoms with Crippen LogP contribution < -0.4 is 0 Å². The molecule has 8 nitrogen and oxygen atoms in total. The maximum absolute atomic E-state index is 10.9. The van der Waals surface area contributed by atoms with Gasteiger partial charge in [0, 0.05) is 13.3 Å². The normalized spacial score (nSPS) is 19.6. The van der Waals surface area contributed by atoms with Crippen molar-refractivity contribution in [1.82, 2.24) is 0 Å². The summed E-state index contributed by atoms with van der Waals surface area (Å²) in [5, 5.41) is 18.2. The number of hydrogen-bond acceptors (Lipinski definition) is 6. The summed E-state index contributed by atoms with van der Waals surface area (Å²) in [6.45, 7) is -0.282. The van der Waals surface area contributed by atoms with Crippen molar-refractivity contribution in [3.05, 3.63) is 0 Å². The number of aliphatic hydroxyl groups excluding tert-OH is 2. The molecule has 2 atom stereocenters. The van der Waals surface area contributed by atoms with Gasteiger partial charge >= 0.3 is 15.2 Å². The Hall–Kier alpha value is 0.220. The molecule has 0 saturated heterocycles. The van der Waals surface area contributed by atoms with Gasteiger partial charge in [0.05, 0.1) is 31.8 Å². The van der Waals surface area contributed by atoms with Crippen LogP contribution in [0, 0.1) is 5.41 Å². The Labute approximate surface area is 99.3 Å². The van der Waals surface area contributed by atoms with Gasteiger partial charge in [0.15, 0.2) is 0 Å². The first kappa shape index (κ1) is 17.2. The summed E-state index contributed by atoms with van der Waals surface area (Å²) in [4.78, 5) is 17.9. The quantitative estimate of drug-likeness (QED) is 0.445. The molecule has 0 heterocycles. The molecule has 0 aromatic heterocycles. The highest BCUT2D eigenvalue weighted by Gasteiger charge is 2.34. The molecule has 0 amide bonds. The zero-order chi connectivity index (χ0) is 13.7. The summed E-state index contributed by atoms with van der Waals surface area (Å²) in [6, 6.07) is 0. The van der Waals surface area contributed by atoms with E-state index in [1.165, 1.54) is 0 Å². The van der Waals surface area contributed by atoms with E-state index < -0.39 is 47.0 Å². The van der Waals surface area contributed by atoms with E-state index in [4.69, 9.17) is 20.0 Å². The molecule has 17 heavy (non-hydrogen) atoms. The monoisotopic (exact) mass is 292 g/mol. The molecular formula is C7H18O8P2. The van der Waals surface area contributed by atoms with E-state index in [1.54, 1.807) is 0 Å². The highest BCUT2D eigenvalue weighted by Crippen LogP contribution is 2.41. The number of aliphatic hydroxyl groups is 2. The molecule has 0 saturated carbocycles. The van der Waals surface area contributed by atoms with Crippen molar-refractivity contribution in [3.8, 4) is 0 Å². The van der Waals surface area contributed by atoms with Gasteiger partial charge in [-0.3, -0.25) is 9.13 Å². The van der Waals surface area contributed by atoms with E-state index in [0.29, 0.717) is 0 Å². The lowest BCUT2D eigenvalue weighted by atomic mass is 9.93. The van der Waals surface area contributed by atoms with Crippen LogP contribution in [0.25, 0.3) is 0 Å². The van der Waals surface area contributed by atoms with Gasteiger partial charge in [-0.15, -0.1) is 0 Å². The second-order valence-electron chi connectivity index (χ2n) is 3.97. The first-order chi connectivity index (χ1) is 7.54. The third-order valence-corrected chi connectivity index (χ3v) is 3.11. The fraction of sp³-hybridized carbons (Fsp3) is 1.00. The van der Waals surface area contributed by atoms with Crippen LogP contribution in [-0.2, 0) is 18.2 Å². The Morgan fingerprint density at radius 3 is 1.41 bits per heavy atom. The van der Waals surface area contributed by atoms with Crippen LogP contribution in [0.3, 0.4) is 0 Å². The Kier molecular flexibility index (Phi) is 6.49. The van der Waals surface area contributed by atoms with Crippen LogP contribution in [0.2, 0.25) is 0 Å². The van der Waals surface area contributed by atoms with Crippen LogP contribution in [-0.4, -0.2) is 59.8 Å². The van der Waals surface area contributed by atoms with Crippen molar-refractivity contribution in [2.45, 2.75) is 0 Å². The summed E-state index contributed by atoms with van der Waals surface area (Å²) in [7, 11) is -7.52. The maximum Gasteiger partial charge on any atom is 0.325 e. The summed E-state index contributed by atoms with van der Waals surface area (Å²) in [6.07, 6.45) is 0. The van der Waals surface area contributed by atoms with Crippen LogP contribution in [0.1, 0.15) is 0 Å². The number of hydrogen-bond donors (Lipinski definition) is 4. The van der Waals surface area contributed by atoms with Gasteiger partial charge in [-0.2, -0.15) is 0 Å². The summed E-state index contributed by atoms with van der Waals surface area (Å²) < 4.78 is 31.0. The fourth-order valence-electron chi connectivity index (χ4n) is 0.788. The van der Waals surface area contributed by atoms with Crippen molar-refractivity contribution in [3.63, 3.8) is 0 Å². The van der Waals surface area contributed by atoms with Crippen LogP contribution in [0.4, 0.5) is 0 Å². The highest BCUT2D eigenvalue weighted by molar-refractivity contribution is 7.52. The average molecular weight is 292 g/mol. The Bertz CT molecular complexity index is 286. The molecule has 2 unspecified atom stereocenters. The van der Waals surface area contributed by atoms with Crippen molar-refractivity contribution in [2.75, 3.05) is 39.8 Å². The molecule has 0 aromatic rings. The van der Waals surface area contributed by atoms with E-state index in [0.717, 1.165) is 13.3 Å². The zero-order valence-corrected chi connectivity index (χ0v) is 11.4. The van der Waals surface area contributed by atoms with Gasteiger partial charge in [0.1, 0.15) is 0 Å². The third kappa shape index (κ3) is 8.02. The summed E-state index contributed by atoms with van der Waals surface area (Å²) >= 11 is 0. The predicted octanol–water partition coefficient (Wildman–Crippen LogP) is -0.379. The van der Waals surface area contributed by atoms with Gasteiger partial charge < -0.3 is 29.0 Å². The number of rotatable bonds is 8. The summed E-state index contributed by atoms with van der Waals surface area (Å²) in [5.74, 6) is 0. The first-order valence-corrected chi connectivity index (χ1v) is 8.70.